The molecular formula is C21H20N2O2. The van der Waals surface area contributed by atoms with Crippen molar-refractivity contribution in [2.75, 3.05) is 5.32 Å². The van der Waals surface area contributed by atoms with E-state index in [1.807, 2.05) is 36.4 Å². The van der Waals surface area contributed by atoms with Gasteiger partial charge in [-0.1, -0.05) is 12.1 Å². The molecule has 1 aliphatic carbocycles. The van der Waals surface area contributed by atoms with Crippen molar-refractivity contribution in [3.05, 3.63) is 65.9 Å². The Bertz CT molecular complexity index is 931. The van der Waals surface area contributed by atoms with E-state index in [4.69, 9.17) is 4.74 Å². The minimum atomic E-state index is -0.577. The zero-order valence-corrected chi connectivity index (χ0v) is 14.2. The fourth-order valence-electron chi connectivity index (χ4n) is 3.33. The molecule has 0 radical (unpaired) electrons. The highest BCUT2D eigenvalue weighted by Gasteiger charge is 2.18. The maximum atomic E-state index is 12.5. The average Bonchev–Trinajstić information content (AvgIpc) is 3.10. The predicted molar refractivity (Wildman–Crippen MR) is 98.9 cm³/mol. The zero-order valence-electron chi connectivity index (χ0n) is 14.2. The van der Waals surface area contributed by atoms with Crippen LogP contribution in [0.2, 0.25) is 0 Å². The molecule has 1 aliphatic rings. The van der Waals surface area contributed by atoms with E-state index in [1.165, 1.54) is 17.5 Å². The Morgan fingerprint density at radius 1 is 1.12 bits per heavy atom. The minimum absolute atomic E-state index is 0.170. The van der Waals surface area contributed by atoms with Crippen molar-refractivity contribution in [3.8, 4) is 5.75 Å². The first-order chi connectivity index (χ1) is 12.2. The number of rotatable bonds is 4. The first-order valence-electron chi connectivity index (χ1n) is 8.64. The quantitative estimate of drug-likeness (QED) is 0.781. The van der Waals surface area contributed by atoms with Gasteiger partial charge in [0, 0.05) is 11.6 Å². The molecule has 1 N–H and O–H groups in total. The van der Waals surface area contributed by atoms with Crippen LogP contribution in [-0.4, -0.2) is 17.0 Å². The summed E-state index contributed by atoms with van der Waals surface area (Å²) in [6, 6.07) is 15.6. The van der Waals surface area contributed by atoms with Crippen molar-refractivity contribution >= 4 is 22.5 Å². The second-order valence-corrected chi connectivity index (χ2v) is 6.41. The summed E-state index contributed by atoms with van der Waals surface area (Å²) >= 11 is 0. The molecule has 1 heterocycles. The largest absolute Gasteiger partial charge is 0.481 e. The van der Waals surface area contributed by atoms with Crippen LogP contribution >= 0.6 is 0 Å². The molecule has 4 nitrogen and oxygen atoms in total. The Kier molecular flexibility index (Phi) is 4.10. The molecule has 1 atom stereocenters. The van der Waals surface area contributed by atoms with E-state index in [-0.39, 0.29) is 5.91 Å². The van der Waals surface area contributed by atoms with Crippen molar-refractivity contribution in [1.82, 2.24) is 4.98 Å². The average molecular weight is 332 g/mol. The van der Waals surface area contributed by atoms with Crippen LogP contribution in [0.25, 0.3) is 10.9 Å². The standard InChI is InChI=1S/C21H20N2O2/c1-14(25-17-11-10-15-5-2-6-16(15)13-17)21(24)23-20-9-3-8-19-18(20)7-4-12-22-19/h3-4,7-14H,2,5-6H2,1H3,(H,23,24). The van der Waals surface area contributed by atoms with Crippen LogP contribution in [0.15, 0.2) is 54.7 Å². The first-order valence-corrected chi connectivity index (χ1v) is 8.64. The second kappa shape index (κ2) is 6.55. The van der Waals surface area contributed by atoms with E-state index in [1.54, 1.807) is 13.1 Å². The van der Waals surface area contributed by atoms with E-state index in [0.29, 0.717) is 0 Å². The number of nitrogens with one attached hydrogen (secondary N) is 1. The number of benzene rings is 2. The van der Waals surface area contributed by atoms with Crippen LogP contribution in [0.3, 0.4) is 0 Å². The van der Waals surface area contributed by atoms with E-state index in [2.05, 4.69) is 22.4 Å². The van der Waals surface area contributed by atoms with Crippen LogP contribution in [0.4, 0.5) is 5.69 Å². The number of carbonyl (C=O) groups is 1. The summed E-state index contributed by atoms with van der Waals surface area (Å²) in [6.45, 7) is 1.77. The Balaban J connectivity index is 1.48. The summed E-state index contributed by atoms with van der Waals surface area (Å²) in [6.07, 6.45) is 4.60. The Hall–Kier alpha value is -2.88. The number of carbonyl (C=O) groups excluding carboxylic acids is 1. The molecule has 1 amide bonds. The maximum Gasteiger partial charge on any atom is 0.265 e. The maximum absolute atomic E-state index is 12.5. The molecule has 0 saturated carbocycles. The van der Waals surface area contributed by atoms with Crippen molar-refractivity contribution in [2.24, 2.45) is 0 Å². The SMILES string of the molecule is CC(Oc1ccc2c(c1)CCC2)C(=O)Nc1cccc2ncccc12. The summed E-state index contributed by atoms with van der Waals surface area (Å²) in [5.41, 5.74) is 4.34. The van der Waals surface area contributed by atoms with Crippen molar-refractivity contribution in [3.63, 3.8) is 0 Å². The highest BCUT2D eigenvalue weighted by molar-refractivity contribution is 6.02. The third kappa shape index (κ3) is 3.20. The van der Waals surface area contributed by atoms with Gasteiger partial charge < -0.3 is 10.1 Å². The van der Waals surface area contributed by atoms with Gasteiger partial charge in [0.05, 0.1) is 11.2 Å². The van der Waals surface area contributed by atoms with Gasteiger partial charge in [-0.3, -0.25) is 9.78 Å². The third-order valence-electron chi connectivity index (χ3n) is 4.66. The zero-order chi connectivity index (χ0) is 17.2. The number of pyridine rings is 1. The van der Waals surface area contributed by atoms with Gasteiger partial charge in [0.25, 0.3) is 5.91 Å². The van der Waals surface area contributed by atoms with E-state index >= 15 is 0 Å². The topological polar surface area (TPSA) is 51.2 Å². The molecule has 4 rings (SSSR count). The van der Waals surface area contributed by atoms with Gasteiger partial charge in [-0.15, -0.1) is 0 Å². The fraction of sp³-hybridized carbons (Fsp3) is 0.238. The van der Waals surface area contributed by atoms with Gasteiger partial charge in [0.2, 0.25) is 0 Å². The molecule has 0 spiro atoms. The first kappa shape index (κ1) is 15.6. The van der Waals surface area contributed by atoms with Crippen LogP contribution in [-0.2, 0) is 17.6 Å². The number of fused-ring (bicyclic) bond motifs is 2. The van der Waals surface area contributed by atoms with E-state index in [0.717, 1.165) is 35.2 Å². The Morgan fingerprint density at radius 2 is 2.00 bits per heavy atom. The minimum Gasteiger partial charge on any atom is -0.481 e. The molecule has 1 aromatic heterocycles. The lowest BCUT2D eigenvalue weighted by atomic mass is 10.1. The van der Waals surface area contributed by atoms with Gasteiger partial charge in [-0.2, -0.15) is 0 Å². The highest BCUT2D eigenvalue weighted by Crippen LogP contribution is 2.27. The van der Waals surface area contributed by atoms with Crippen molar-refractivity contribution < 1.29 is 9.53 Å². The monoisotopic (exact) mass is 332 g/mol. The molecule has 0 saturated heterocycles. The number of amides is 1. The summed E-state index contributed by atoms with van der Waals surface area (Å²) in [5.74, 6) is 0.583. The molecule has 0 bridgehead atoms. The molecule has 126 valence electrons. The van der Waals surface area contributed by atoms with Crippen molar-refractivity contribution in [2.45, 2.75) is 32.3 Å². The lowest BCUT2D eigenvalue weighted by Gasteiger charge is -2.16. The molecule has 1 unspecified atom stereocenters. The number of aromatic nitrogens is 1. The highest BCUT2D eigenvalue weighted by atomic mass is 16.5. The molecule has 0 fully saturated rings. The number of nitrogens with zero attached hydrogens (tertiary/aromatic N) is 1. The summed E-state index contributed by atoms with van der Waals surface area (Å²) in [5, 5.41) is 3.87. The summed E-state index contributed by atoms with van der Waals surface area (Å²) in [4.78, 5) is 16.9. The van der Waals surface area contributed by atoms with E-state index in [9.17, 15) is 4.79 Å². The van der Waals surface area contributed by atoms with Gasteiger partial charge in [0.1, 0.15) is 5.75 Å². The normalized spacial score (nSPS) is 14.1. The fourth-order valence-corrected chi connectivity index (χ4v) is 3.33. The van der Waals surface area contributed by atoms with E-state index < -0.39 is 6.10 Å². The Labute approximate surface area is 146 Å². The van der Waals surface area contributed by atoms with Crippen LogP contribution in [0, 0.1) is 0 Å². The molecule has 2 aromatic carbocycles. The van der Waals surface area contributed by atoms with Gasteiger partial charge >= 0.3 is 0 Å². The molecule has 25 heavy (non-hydrogen) atoms. The molecule has 0 aliphatic heterocycles. The van der Waals surface area contributed by atoms with Gasteiger partial charge in [0.15, 0.2) is 6.10 Å². The third-order valence-corrected chi connectivity index (χ3v) is 4.66. The van der Waals surface area contributed by atoms with Crippen LogP contribution in [0.1, 0.15) is 24.5 Å². The second-order valence-electron chi connectivity index (χ2n) is 6.41. The lowest BCUT2D eigenvalue weighted by molar-refractivity contribution is -0.122. The summed E-state index contributed by atoms with van der Waals surface area (Å²) < 4.78 is 5.86. The number of aryl methyl sites for hydroxylation is 2. The predicted octanol–water partition coefficient (Wildman–Crippen LogP) is 4.13. The number of hydrogen-bond acceptors (Lipinski definition) is 3. The van der Waals surface area contributed by atoms with Crippen LogP contribution < -0.4 is 10.1 Å². The lowest BCUT2D eigenvalue weighted by Crippen LogP contribution is -2.30. The number of ether oxygens (including phenoxy) is 1. The molecular weight excluding hydrogens is 312 g/mol. The smallest absolute Gasteiger partial charge is 0.265 e. The van der Waals surface area contributed by atoms with Gasteiger partial charge in [-0.05, 0) is 73.7 Å². The van der Waals surface area contributed by atoms with Gasteiger partial charge in [-0.25, -0.2) is 0 Å². The summed E-state index contributed by atoms with van der Waals surface area (Å²) in [7, 11) is 0. The molecule has 4 heteroatoms. The molecule has 3 aromatic rings. The van der Waals surface area contributed by atoms with Crippen molar-refractivity contribution in [1.29, 1.82) is 0 Å². The number of anilines is 1. The Morgan fingerprint density at radius 3 is 2.92 bits per heavy atom. The van der Waals surface area contributed by atoms with Crippen LogP contribution in [0.5, 0.6) is 5.75 Å². The number of hydrogen-bond donors (Lipinski definition) is 1.